The first-order chi connectivity index (χ1) is 12.2. The van der Waals surface area contributed by atoms with E-state index in [1.54, 1.807) is 0 Å². The summed E-state index contributed by atoms with van der Waals surface area (Å²) in [5.74, 6) is 0.896. The van der Waals surface area contributed by atoms with Gasteiger partial charge in [0.25, 0.3) is 5.91 Å². The van der Waals surface area contributed by atoms with Gasteiger partial charge in [0.05, 0.1) is 11.6 Å². The van der Waals surface area contributed by atoms with Crippen molar-refractivity contribution in [1.82, 2.24) is 24.5 Å². The lowest BCUT2D eigenvalue weighted by molar-refractivity contribution is 0.0945. The minimum absolute atomic E-state index is 0.0808. The summed E-state index contributed by atoms with van der Waals surface area (Å²) in [6.45, 7) is 8.86. The second kappa shape index (κ2) is 7.97. The van der Waals surface area contributed by atoms with E-state index >= 15 is 0 Å². The number of aromatic nitrogens is 2. The molecule has 136 valence electrons. The van der Waals surface area contributed by atoms with E-state index in [0.717, 1.165) is 43.9 Å². The Bertz CT molecular complexity index is 722. The van der Waals surface area contributed by atoms with E-state index in [2.05, 4.69) is 40.4 Å². The normalized spacial score (nSPS) is 18.3. The molecule has 0 radical (unpaired) electrons. The second-order valence-electron chi connectivity index (χ2n) is 6.70. The van der Waals surface area contributed by atoms with Crippen LogP contribution in [0.1, 0.15) is 49.0 Å². The van der Waals surface area contributed by atoms with Crippen LogP contribution in [0.15, 0.2) is 24.4 Å². The molecule has 25 heavy (non-hydrogen) atoms. The Labute approximate surface area is 149 Å². The maximum atomic E-state index is 12.7. The first-order valence-electron chi connectivity index (χ1n) is 9.33. The van der Waals surface area contributed by atoms with Crippen molar-refractivity contribution in [3.63, 3.8) is 0 Å². The smallest absolute Gasteiger partial charge is 0.272 e. The average molecular weight is 343 g/mol. The number of rotatable bonds is 7. The van der Waals surface area contributed by atoms with E-state index < -0.39 is 0 Å². The number of likely N-dealkylation sites (N-methyl/N-ethyl adjacent to an activating group) is 1. The van der Waals surface area contributed by atoms with Crippen molar-refractivity contribution in [1.29, 1.82) is 0 Å². The maximum Gasteiger partial charge on any atom is 0.272 e. The zero-order valence-electron chi connectivity index (χ0n) is 15.5. The Balaban J connectivity index is 1.80. The molecule has 1 aliphatic heterocycles. The van der Waals surface area contributed by atoms with Crippen LogP contribution in [0.2, 0.25) is 0 Å². The number of carbonyl (C=O) groups is 1. The molecule has 0 aliphatic carbocycles. The summed E-state index contributed by atoms with van der Waals surface area (Å²) in [4.78, 5) is 22.1. The van der Waals surface area contributed by atoms with Crippen LogP contribution < -0.4 is 5.32 Å². The number of likely N-dealkylation sites (tertiary alicyclic amines) is 1. The van der Waals surface area contributed by atoms with Gasteiger partial charge >= 0.3 is 0 Å². The summed E-state index contributed by atoms with van der Waals surface area (Å²) in [5, 5.41) is 3.04. The van der Waals surface area contributed by atoms with Crippen LogP contribution in [-0.4, -0.2) is 64.9 Å². The molecule has 1 fully saturated rings. The fourth-order valence-corrected chi connectivity index (χ4v) is 3.65. The van der Waals surface area contributed by atoms with E-state index in [9.17, 15) is 4.79 Å². The predicted octanol–water partition coefficient (Wildman–Crippen LogP) is 2.17. The zero-order chi connectivity index (χ0) is 17.8. The fraction of sp³-hybridized carbons (Fsp3) is 0.579. The third-order valence-corrected chi connectivity index (χ3v) is 5.22. The molecule has 0 unspecified atom stereocenters. The molecule has 6 nitrogen and oxygen atoms in total. The minimum atomic E-state index is -0.0808. The molecule has 0 aromatic carbocycles. The molecule has 3 rings (SSSR count). The number of carbonyl (C=O) groups excluding carboxylic acids is 1. The quantitative estimate of drug-likeness (QED) is 0.837. The van der Waals surface area contributed by atoms with Crippen LogP contribution >= 0.6 is 0 Å². The van der Waals surface area contributed by atoms with Crippen molar-refractivity contribution in [2.45, 2.75) is 32.7 Å². The summed E-state index contributed by atoms with van der Waals surface area (Å²) in [6.07, 6.45) is 4.28. The number of hydrogen-bond acceptors (Lipinski definition) is 4. The molecule has 0 spiro atoms. The number of pyridine rings is 1. The SMILES string of the molecule is CCN(CC)CCNC(=O)c1nc([C@H]2CCCN2C)n2ccccc12. The van der Waals surface area contributed by atoms with E-state index in [-0.39, 0.29) is 11.9 Å². The number of nitrogens with zero attached hydrogens (tertiary/aromatic N) is 4. The molecule has 1 N–H and O–H groups in total. The van der Waals surface area contributed by atoms with Gasteiger partial charge in [-0.3, -0.25) is 9.69 Å². The van der Waals surface area contributed by atoms with Gasteiger partial charge in [-0.1, -0.05) is 19.9 Å². The van der Waals surface area contributed by atoms with E-state index in [1.165, 1.54) is 6.42 Å². The van der Waals surface area contributed by atoms with Gasteiger partial charge < -0.3 is 14.6 Å². The molecule has 2 aromatic heterocycles. The first kappa shape index (κ1) is 17.9. The highest BCUT2D eigenvalue weighted by Gasteiger charge is 2.28. The fourth-order valence-electron chi connectivity index (χ4n) is 3.65. The van der Waals surface area contributed by atoms with Gasteiger partial charge in [0.2, 0.25) is 0 Å². The van der Waals surface area contributed by atoms with Gasteiger partial charge in [-0.15, -0.1) is 0 Å². The largest absolute Gasteiger partial charge is 0.349 e. The van der Waals surface area contributed by atoms with Crippen molar-refractivity contribution in [2.75, 3.05) is 39.8 Å². The number of nitrogens with one attached hydrogen (secondary N) is 1. The Kier molecular flexibility index (Phi) is 5.71. The monoisotopic (exact) mass is 343 g/mol. The van der Waals surface area contributed by atoms with Crippen molar-refractivity contribution in [3.05, 3.63) is 35.9 Å². The summed E-state index contributed by atoms with van der Waals surface area (Å²) >= 11 is 0. The van der Waals surface area contributed by atoms with Crippen molar-refractivity contribution in [2.24, 2.45) is 0 Å². The van der Waals surface area contributed by atoms with Crippen LogP contribution in [0.25, 0.3) is 5.52 Å². The van der Waals surface area contributed by atoms with Gasteiger partial charge in [-0.25, -0.2) is 4.98 Å². The lowest BCUT2D eigenvalue weighted by Crippen LogP contribution is -2.35. The molecule has 2 aromatic rings. The van der Waals surface area contributed by atoms with Crippen molar-refractivity contribution >= 4 is 11.4 Å². The lowest BCUT2D eigenvalue weighted by Gasteiger charge is -2.18. The van der Waals surface area contributed by atoms with E-state index in [1.807, 2.05) is 24.4 Å². The van der Waals surface area contributed by atoms with Crippen LogP contribution in [-0.2, 0) is 0 Å². The number of fused-ring (bicyclic) bond motifs is 1. The highest BCUT2D eigenvalue weighted by atomic mass is 16.1. The van der Waals surface area contributed by atoms with Crippen LogP contribution in [0, 0.1) is 0 Å². The highest BCUT2D eigenvalue weighted by molar-refractivity contribution is 5.99. The standard InChI is InChI=1S/C19H29N5O/c1-4-23(5-2)14-11-20-19(25)17-15-9-6-7-13-24(15)18(21-17)16-10-8-12-22(16)3/h6-7,9,13,16H,4-5,8,10-12,14H2,1-3H3,(H,20,25)/t16-/m1/s1. The van der Waals surface area contributed by atoms with E-state index in [0.29, 0.717) is 12.2 Å². The van der Waals surface area contributed by atoms with E-state index in [4.69, 9.17) is 4.98 Å². The molecule has 0 saturated carbocycles. The minimum Gasteiger partial charge on any atom is -0.349 e. The number of amides is 1. The summed E-state index contributed by atoms with van der Waals surface area (Å²) in [6, 6.07) is 6.22. The zero-order valence-corrected chi connectivity index (χ0v) is 15.5. The summed E-state index contributed by atoms with van der Waals surface area (Å²) in [7, 11) is 2.13. The molecule has 3 heterocycles. The molecule has 6 heteroatoms. The summed E-state index contributed by atoms with van der Waals surface area (Å²) in [5.41, 5.74) is 1.42. The second-order valence-corrected chi connectivity index (χ2v) is 6.70. The molecular weight excluding hydrogens is 314 g/mol. The van der Waals surface area contributed by atoms with Gasteiger partial charge in [0.15, 0.2) is 5.69 Å². The van der Waals surface area contributed by atoms with Gasteiger partial charge in [0.1, 0.15) is 5.82 Å². The molecule has 1 aliphatic rings. The Morgan fingerprint density at radius 2 is 2.16 bits per heavy atom. The molecule has 0 bridgehead atoms. The lowest BCUT2D eigenvalue weighted by atomic mass is 10.2. The van der Waals surface area contributed by atoms with Crippen LogP contribution in [0.4, 0.5) is 0 Å². The predicted molar refractivity (Wildman–Crippen MR) is 99.9 cm³/mol. The average Bonchev–Trinajstić information content (AvgIpc) is 3.22. The Morgan fingerprint density at radius 1 is 1.36 bits per heavy atom. The van der Waals surface area contributed by atoms with Crippen LogP contribution in [0.3, 0.4) is 0 Å². The third kappa shape index (κ3) is 3.70. The van der Waals surface area contributed by atoms with Crippen LogP contribution in [0.5, 0.6) is 0 Å². The molecule has 1 amide bonds. The van der Waals surface area contributed by atoms with Gasteiger partial charge in [0, 0.05) is 19.3 Å². The number of imidazole rings is 1. The highest BCUT2D eigenvalue weighted by Crippen LogP contribution is 2.30. The van der Waals surface area contributed by atoms with Gasteiger partial charge in [-0.2, -0.15) is 0 Å². The van der Waals surface area contributed by atoms with Gasteiger partial charge in [-0.05, 0) is 51.7 Å². The van der Waals surface area contributed by atoms with Crippen molar-refractivity contribution in [3.8, 4) is 0 Å². The first-order valence-corrected chi connectivity index (χ1v) is 9.33. The number of hydrogen-bond donors (Lipinski definition) is 1. The summed E-state index contributed by atoms with van der Waals surface area (Å²) < 4.78 is 2.08. The molecular formula is C19H29N5O. The van der Waals surface area contributed by atoms with Crippen molar-refractivity contribution < 1.29 is 4.79 Å². The Morgan fingerprint density at radius 3 is 2.84 bits per heavy atom. The maximum absolute atomic E-state index is 12.7. The molecule has 1 saturated heterocycles. The molecule has 1 atom stereocenters. The Hall–Kier alpha value is -1.92. The third-order valence-electron chi connectivity index (χ3n) is 5.22. The topological polar surface area (TPSA) is 52.9 Å².